The molecule has 0 saturated heterocycles. The quantitative estimate of drug-likeness (QED) is 0.836. The SMILES string of the molecule is CN(C)C(=O)c1ccc2c(c1)CCc1cc(C(=O)N(C)C)ccc1C2=O. The molecular formula is C21H22N2O3. The van der Waals surface area contributed by atoms with Gasteiger partial charge < -0.3 is 9.80 Å². The number of fused-ring (bicyclic) bond motifs is 2. The summed E-state index contributed by atoms with van der Waals surface area (Å²) in [5.74, 6) is -0.220. The van der Waals surface area contributed by atoms with Crippen LogP contribution < -0.4 is 0 Å². The molecule has 0 spiro atoms. The van der Waals surface area contributed by atoms with E-state index < -0.39 is 0 Å². The Morgan fingerprint density at radius 2 is 1.12 bits per heavy atom. The van der Waals surface area contributed by atoms with Crippen LogP contribution in [-0.2, 0) is 12.8 Å². The summed E-state index contributed by atoms with van der Waals surface area (Å²) in [4.78, 5) is 40.4. The van der Waals surface area contributed by atoms with Crippen molar-refractivity contribution in [3.8, 4) is 0 Å². The van der Waals surface area contributed by atoms with Crippen molar-refractivity contribution >= 4 is 17.6 Å². The highest BCUT2D eigenvalue weighted by Gasteiger charge is 2.23. The summed E-state index contributed by atoms with van der Waals surface area (Å²) in [6.07, 6.45) is 1.31. The molecule has 134 valence electrons. The number of aryl methyl sites for hydroxylation is 2. The van der Waals surface area contributed by atoms with Gasteiger partial charge in [-0.25, -0.2) is 0 Å². The molecule has 0 atom stereocenters. The minimum atomic E-state index is -0.0825. The molecule has 2 aromatic rings. The fraction of sp³-hybridized carbons (Fsp3) is 0.286. The lowest BCUT2D eigenvalue weighted by Gasteiger charge is -2.13. The van der Waals surface area contributed by atoms with Crippen LogP contribution in [0.3, 0.4) is 0 Å². The highest BCUT2D eigenvalue weighted by molar-refractivity contribution is 6.12. The average molecular weight is 350 g/mol. The molecule has 26 heavy (non-hydrogen) atoms. The topological polar surface area (TPSA) is 57.7 Å². The van der Waals surface area contributed by atoms with Crippen molar-refractivity contribution in [3.05, 3.63) is 69.8 Å². The molecule has 5 nitrogen and oxygen atoms in total. The van der Waals surface area contributed by atoms with E-state index in [0.717, 1.165) is 11.1 Å². The first-order valence-electron chi connectivity index (χ1n) is 8.53. The van der Waals surface area contributed by atoms with Gasteiger partial charge in [0.25, 0.3) is 11.8 Å². The number of hydrogen-bond donors (Lipinski definition) is 0. The van der Waals surface area contributed by atoms with Crippen LogP contribution in [0.5, 0.6) is 0 Å². The molecule has 1 aliphatic carbocycles. The van der Waals surface area contributed by atoms with Crippen molar-refractivity contribution < 1.29 is 14.4 Å². The van der Waals surface area contributed by atoms with E-state index in [0.29, 0.717) is 35.1 Å². The van der Waals surface area contributed by atoms with Crippen LogP contribution in [0.2, 0.25) is 0 Å². The highest BCUT2D eigenvalue weighted by Crippen LogP contribution is 2.26. The van der Waals surface area contributed by atoms with Crippen molar-refractivity contribution in [2.24, 2.45) is 0 Å². The predicted octanol–water partition coefficient (Wildman–Crippen LogP) is 2.42. The van der Waals surface area contributed by atoms with E-state index in [2.05, 4.69) is 0 Å². The van der Waals surface area contributed by atoms with Gasteiger partial charge in [-0.3, -0.25) is 14.4 Å². The fourth-order valence-electron chi connectivity index (χ4n) is 3.24. The maximum absolute atomic E-state index is 13.0. The normalized spacial score (nSPS) is 12.7. The smallest absolute Gasteiger partial charge is 0.253 e. The molecular weight excluding hydrogens is 328 g/mol. The highest BCUT2D eigenvalue weighted by atomic mass is 16.2. The minimum Gasteiger partial charge on any atom is -0.345 e. The number of hydrogen-bond acceptors (Lipinski definition) is 3. The van der Waals surface area contributed by atoms with Gasteiger partial charge in [-0.05, 0) is 60.4 Å². The molecule has 0 N–H and O–H groups in total. The average Bonchev–Trinajstić information content (AvgIpc) is 2.76. The molecule has 0 unspecified atom stereocenters. The van der Waals surface area contributed by atoms with Crippen molar-refractivity contribution in [2.45, 2.75) is 12.8 Å². The van der Waals surface area contributed by atoms with Crippen LogP contribution in [0.25, 0.3) is 0 Å². The zero-order valence-corrected chi connectivity index (χ0v) is 15.5. The Balaban J connectivity index is 2.01. The maximum atomic E-state index is 13.0. The summed E-state index contributed by atoms with van der Waals surface area (Å²) in [7, 11) is 6.83. The number of ketones is 1. The molecule has 0 fully saturated rings. The molecule has 2 aromatic carbocycles. The summed E-state index contributed by atoms with van der Waals surface area (Å²) in [5, 5.41) is 0. The zero-order valence-electron chi connectivity index (χ0n) is 15.5. The lowest BCUT2D eigenvalue weighted by molar-refractivity contribution is 0.0820. The Kier molecular flexibility index (Phi) is 4.64. The molecule has 0 bridgehead atoms. The Bertz CT molecular complexity index is 840. The first kappa shape index (κ1) is 17.9. The van der Waals surface area contributed by atoms with E-state index in [9.17, 15) is 14.4 Å². The third-order valence-corrected chi connectivity index (χ3v) is 4.67. The van der Waals surface area contributed by atoms with E-state index in [1.807, 2.05) is 12.1 Å². The van der Waals surface area contributed by atoms with Gasteiger partial charge >= 0.3 is 0 Å². The van der Waals surface area contributed by atoms with Gasteiger partial charge in [0.1, 0.15) is 0 Å². The van der Waals surface area contributed by atoms with Crippen LogP contribution >= 0.6 is 0 Å². The first-order chi connectivity index (χ1) is 12.3. The van der Waals surface area contributed by atoms with Gasteiger partial charge in [-0.2, -0.15) is 0 Å². The number of rotatable bonds is 2. The van der Waals surface area contributed by atoms with E-state index in [1.54, 1.807) is 52.5 Å². The Morgan fingerprint density at radius 1 is 0.731 bits per heavy atom. The second-order valence-electron chi connectivity index (χ2n) is 6.97. The van der Waals surface area contributed by atoms with E-state index in [4.69, 9.17) is 0 Å². The second-order valence-corrected chi connectivity index (χ2v) is 6.97. The van der Waals surface area contributed by atoms with E-state index >= 15 is 0 Å². The van der Waals surface area contributed by atoms with Gasteiger partial charge in [0.15, 0.2) is 5.78 Å². The molecule has 0 heterocycles. The Morgan fingerprint density at radius 3 is 1.46 bits per heavy atom. The Labute approximate surface area is 153 Å². The number of carbonyl (C=O) groups excluding carboxylic acids is 3. The largest absolute Gasteiger partial charge is 0.345 e. The van der Waals surface area contributed by atoms with Gasteiger partial charge in [0.2, 0.25) is 0 Å². The molecule has 0 radical (unpaired) electrons. The molecule has 5 heteroatoms. The van der Waals surface area contributed by atoms with Crippen LogP contribution in [0, 0.1) is 0 Å². The lowest BCUT2D eigenvalue weighted by atomic mass is 9.96. The standard InChI is InChI=1S/C21H22N2O3/c1-22(2)20(25)15-7-9-17-13(11-15)5-6-14-12-16(21(26)23(3)4)8-10-18(14)19(17)24/h7-12H,5-6H2,1-4H3. The van der Waals surface area contributed by atoms with Gasteiger partial charge in [0.05, 0.1) is 0 Å². The zero-order chi connectivity index (χ0) is 19.0. The van der Waals surface area contributed by atoms with Crippen molar-refractivity contribution in [2.75, 3.05) is 28.2 Å². The van der Waals surface area contributed by atoms with Crippen LogP contribution in [0.1, 0.15) is 47.8 Å². The summed E-state index contributed by atoms with van der Waals surface area (Å²) in [6, 6.07) is 10.5. The number of benzene rings is 2. The molecule has 0 saturated carbocycles. The molecule has 0 aliphatic heterocycles. The third kappa shape index (κ3) is 3.12. The second kappa shape index (κ2) is 6.75. The third-order valence-electron chi connectivity index (χ3n) is 4.67. The van der Waals surface area contributed by atoms with Crippen molar-refractivity contribution in [1.82, 2.24) is 9.80 Å². The Hall–Kier alpha value is -2.95. The monoisotopic (exact) mass is 350 g/mol. The van der Waals surface area contributed by atoms with Crippen LogP contribution in [0.4, 0.5) is 0 Å². The summed E-state index contributed by atoms with van der Waals surface area (Å²) >= 11 is 0. The van der Waals surface area contributed by atoms with Crippen LogP contribution in [0.15, 0.2) is 36.4 Å². The molecule has 2 amide bonds. The van der Waals surface area contributed by atoms with Gasteiger partial charge in [-0.1, -0.05) is 0 Å². The van der Waals surface area contributed by atoms with Crippen molar-refractivity contribution in [1.29, 1.82) is 0 Å². The maximum Gasteiger partial charge on any atom is 0.253 e. The minimum absolute atomic E-state index is 0.0554. The van der Waals surface area contributed by atoms with Crippen LogP contribution in [-0.4, -0.2) is 55.6 Å². The summed E-state index contributed by atoms with van der Waals surface area (Å²) in [5.41, 5.74) is 4.17. The predicted molar refractivity (Wildman–Crippen MR) is 99.8 cm³/mol. The van der Waals surface area contributed by atoms with E-state index in [1.165, 1.54) is 9.80 Å². The van der Waals surface area contributed by atoms with Gasteiger partial charge in [0, 0.05) is 50.4 Å². The van der Waals surface area contributed by atoms with Gasteiger partial charge in [-0.15, -0.1) is 0 Å². The summed E-state index contributed by atoms with van der Waals surface area (Å²) in [6.45, 7) is 0. The van der Waals surface area contributed by atoms with Crippen molar-refractivity contribution in [3.63, 3.8) is 0 Å². The summed E-state index contributed by atoms with van der Waals surface area (Å²) < 4.78 is 0. The molecule has 0 aromatic heterocycles. The van der Waals surface area contributed by atoms with E-state index in [-0.39, 0.29) is 17.6 Å². The first-order valence-corrected chi connectivity index (χ1v) is 8.53. The lowest BCUT2D eigenvalue weighted by Crippen LogP contribution is -2.22. The molecule has 1 aliphatic rings. The fourth-order valence-corrected chi connectivity index (χ4v) is 3.24. The number of amides is 2. The number of nitrogens with zero attached hydrogens (tertiary/aromatic N) is 2. The number of carbonyl (C=O) groups is 3. The molecule has 3 rings (SSSR count).